The first-order valence-corrected chi connectivity index (χ1v) is 4.60. The van der Waals surface area contributed by atoms with Crippen LogP contribution in [0.15, 0.2) is 24.3 Å². The molecule has 0 unspecified atom stereocenters. The van der Waals surface area contributed by atoms with Crippen LogP contribution in [0.4, 0.5) is 0 Å². The highest BCUT2D eigenvalue weighted by Crippen LogP contribution is 2.11. The maximum absolute atomic E-state index is 2.27. The molecule has 0 aromatic heterocycles. The normalized spacial score (nSPS) is 12.4. The molecule has 64 valence electrons. The molecule has 0 aromatic rings. The van der Waals surface area contributed by atoms with Gasteiger partial charge in [0.2, 0.25) is 0 Å². The van der Waals surface area contributed by atoms with E-state index in [1.807, 2.05) is 0 Å². The summed E-state index contributed by atoms with van der Waals surface area (Å²) in [6.45, 7) is 6.41. The zero-order valence-electron chi connectivity index (χ0n) is 8.01. The Morgan fingerprint density at radius 3 is 2.00 bits per heavy atom. The van der Waals surface area contributed by atoms with Crippen LogP contribution in [-0.4, -0.2) is 0 Å². The Hall–Kier alpha value is -0.520. The second-order valence-electron chi connectivity index (χ2n) is 2.86. The lowest BCUT2D eigenvalue weighted by molar-refractivity contribution is 0.641. The van der Waals surface area contributed by atoms with Crippen LogP contribution in [0.2, 0.25) is 0 Å². The number of rotatable bonds is 5. The summed E-state index contributed by atoms with van der Waals surface area (Å²) in [5.41, 5.74) is 0. The second-order valence-corrected chi connectivity index (χ2v) is 2.86. The third-order valence-corrected chi connectivity index (χ3v) is 1.77. The SMILES string of the molecule is C/C=C\C(/C=C\C)CCCC. The van der Waals surface area contributed by atoms with E-state index in [9.17, 15) is 0 Å². The minimum atomic E-state index is 0.671. The highest BCUT2D eigenvalue weighted by molar-refractivity contribution is 4.98. The van der Waals surface area contributed by atoms with Gasteiger partial charge in [0.25, 0.3) is 0 Å². The Morgan fingerprint density at radius 1 is 1.09 bits per heavy atom. The van der Waals surface area contributed by atoms with Crippen LogP contribution in [0.5, 0.6) is 0 Å². The summed E-state index contributed by atoms with van der Waals surface area (Å²) >= 11 is 0. The molecule has 0 fully saturated rings. The van der Waals surface area contributed by atoms with Crippen LogP contribution in [0, 0.1) is 5.92 Å². The third-order valence-electron chi connectivity index (χ3n) is 1.77. The highest BCUT2D eigenvalue weighted by atomic mass is 14.0. The van der Waals surface area contributed by atoms with Crippen molar-refractivity contribution in [2.75, 3.05) is 0 Å². The first-order valence-electron chi connectivity index (χ1n) is 4.60. The smallest absolute Gasteiger partial charge is 0.00537 e. The van der Waals surface area contributed by atoms with E-state index in [0.717, 1.165) is 0 Å². The first kappa shape index (κ1) is 10.5. The van der Waals surface area contributed by atoms with Crippen molar-refractivity contribution in [2.45, 2.75) is 40.0 Å². The Kier molecular flexibility index (Phi) is 7.23. The maximum atomic E-state index is 2.27. The van der Waals surface area contributed by atoms with Gasteiger partial charge in [-0.15, -0.1) is 0 Å². The lowest BCUT2D eigenvalue weighted by Crippen LogP contribution is -1.90. The fourth-order valence-electron chi connectivity index (χ4n) is 1.19. The quantitative estimate of drug-likeness (QED) is 0.523. The summed E-state index contributed by atoms with van der Waals surface area (Å²) in [7, 11) is 0. The molecule has 11 heavy (non-hydrogen) atoms. The molecule has 0 rings (SSSR count). The van der Waals surface area contributed by atoms with Gasteiger partial charge in [-0.2, -0.15) is 0 Å². The topological polar surface area (TPSA) is 0 Å². The Labute approximate surface area is 71.0 Å². The molecule has 0 aliphatic heterocycles. The van der Waals surface area contributed by atoms with Gasteiger partial charge in [-0.3, -0.25) is 0 Å². The number of unbranched alkanes of at least 4 members (excludes halogenated alkanes) is 1. The molecule has 0 bridgehead atoms. The van der Waals surface area contributed by atoms with E-state index in [1.54, 1.807) is 0 Å². The van der Waals surface area contributed by atoms with Gasteiger partial charge in [-0.1, -0.05) is 44.1 Å². The van der Waals surface area contributed by atoms with Crippen LogP contribution in [0.25, 0.3) is 0 Å². The van der Waals surface area contributed by atoms with E-state index in [2.05, 4.69) is 45.1 Å². The molecule has 0 nitrogen and oxygen atoms in total. The zero-order valence-corrected chi connectivity index (χ0v) is 8.01. The predicted molar refractivity (Wildman–Crippen MR) is 52.6 cm³/mol. The third kappa shape index (κ3) is 5.90. The van der Waals surface area contributed by atoms with Gasteiger partial charge in [0, 0.05) is 0 Å². The van der Waals surface area contributed by atoms with Crippen molar-refractivity contribution in [1.29, 1.82) is 0 Å². The molecule has 0 radical (unpaired) electrons. The van der Waals surface area contributed by atoms with Crippen molar-refractivity contribution in [3.05, 3.63) is 24.3 Å². The molecule has 0 heteroatoms. The monoisotopic (exact) mass is 152 g/mol. The zero-order chi connectivity index (χ0) is 8.53. The lowest BCUT2D eigenvalue weighted by atomic mass is 10.0. The van der Waals surface area contributed by atoms with Gasteiger partial charge in [-0.25, -0.2) is 0 Å². The molecule has 0 spiro atoms. The van der Waals surface area contributed by atoms with E-state index in [0.29, 0.717) is 5.92 Å². The molecule has 0 aliphatic carbocycles. The molecule has 0 aliphatic rings. The second kappa shape index (κ2) is 7.59. The highest BCUT2D eigenvalue weighted by Gasteiger charge is 1.96. The fraction of sp³-hybridized carbons (Fsp3) is 0.636. The first-order chi connectivity index (χ1) is 5.35. The van der Waals surface area contributed by atoms with Crippen molar-refractivity contribution in [3.8, 4) is 0 Å². The van der Waals surface area contributed by atoms with Gasteiger partial charge < -0.3 is 0 Å². The Morgan fingerprint density at radius 2 is 1.64 bits per heavy atom. The van der Waals surface area contributed by atoms with Crippen LogP contribution < -0.4 is 0 Å². The summed E-state index contributed by atoms with van der Waals surface area (Å²) in [4.78, 5) is 0. The molecule has 0 heterocycles. The van der Waals surface area contributed by atoms with Crippen LogP contribution in [0.3, 0.4) is 0 Å². The van der Waals surface area contributed by atoms with Gasteiger partial charge in [0.15, 0.2) is 0 Å². The lowest BCUT2D eigenvalue weighted by Gasteiger charge is -2.04. The fourth-order valence-corrected chi connectivity index (χ4v) is 1.19. The maximum Gasteiger partial charge on any atom is -0.00537 e. The van der Waals surface area contributed by atoms with Crippen molar-refractivity contribution >= 4 is 0 Å². The Bertz CT molecular complexity index is 108. The number of allylic oxidation sites excluding steroid dienone is 4. The molecule has 0 N–H and O–H groups in total. The summed E-state index contributed by atoms with van der Waals surface area (Å²) < 4.78 is 0. The van der Waals surface area contributed by atoms with Crippen molar-refractivity contribution < 1.29 is 0 Å². The van der Waals surface area contributed by atoms with E-state index >= 15 is 0 Å². The van der Waals surface area contributed by atoms with Crippen molar-refractivity contribution in [2.24, 2.45) is 5.92 Å². The minimum Gasteiger partial charge on any atom is -0.0911 e. The molecule has 0 aromatic carbocycles. The number of hydrogen-bond acceptors (Lipinski definition) is 0. The number of hydrogen-bond donors (Lipinski definition) is 0. The molecule has 0 atom stereocenters. The average Bonchev–Trinajstić information content (AvgIpc) is 2.01. The van der Waals surface area contributed by atoms with E-state index in [4.69, 9.17) is 0 Å². The summed E-state index contributed by atoms with van der Waals surface area (Å²) in [5, 5.41) is 0. The van der Waals surface area contributed by atoms with Gasteiger partial charge in [0.1, 0.15) is 0 Å². The summed E-state index contributed by atoms with van der Waals surface area (Å²) in [5.74, 6) is 0.671. The average molecular weight is 152 g/mol. The van der Waals surface area contributed by atoms with E-state index in [-0.39, 0.29) is 0 Å². The largest absolute Gasteiger partial charge is 0.0911 e. The predicted octanol–water partition coefficient (Wildman–Crippen LogP) is 3.95. The standard InChI is InChI=1S/C11H20/c1-4-7-10-11(8-5-2)9-6-3/h5-6,8-9,11H,4,7,10H2,1-3H3/b8-5-,9-6-. The van der Waals surface area contributed by atoms with Crippen LogP contribution in [0.1, 0.15) is 40.0 Å². The van der Waals surface area contributed by atoms with Crippen LogP contribution >= 0.6 is 0 Å². The molecular formula is C11H20. The molecule has 0 saturated carbocycles. The van der Waals surface area contributed by atoms with Gasteiger partial charge in [-0.05, 0) is 26.2 Å². The summed E-state index contributed by atoms with van der Waals surface area (Å²) in [6, 6.07) is 0. The van der Waals surface area contributed by atoms with E-state index in [1.165, 1.54) is 19.3 Å². The van der Waals surface area contributed by atoms with Crippen molar-refractivity contribution in [3.63, 3.8) is 0 Å². The minimum absolute atomic E-state index is 0.671. The van der Waals surface area contributed by atoms with Gasteiger partial charge >= 0.3 is 0 Å². The van der Waals surface area contributed by atoms with E-state index < -0.39 is 0 Å². The molecule has 0 amide bonds. The van der Waals surface area contributed by atoms with Crippen molar-refractivity contribution in [1.82, 2.24) is 0 Å². The molecular weight excluding hydrogens is 132 g/mol. The Balaban J connectivity index is 3.69. The van der Waals surface area contributed by atoms with Crippen LogP contribution in [-0.2, 0) is 0 Å². The summed E-state index contributed by atoms with van der Waals surface area (Å²) in [6.07, 6.45) is 12.8. The van der Waals surface area contributed by atoms with Gasteiger partial charge in [0.05, 0.1) is 0 Å². The molecule has 0 saturated heterocycles.